The van der Waals surface area contributed by atoms with E-state index in [1.807, 2.05) is 81.4 Å². The summed E-state index contributed by atoms with van der Waals surface area (Å²) < 4.78 is 22.7. The molecule has 318 valence electrons. The summed E-state index contributed by atoms with van der Waals surface area (Å²) in [5, 5.41) is 17.8. The number of carboxylic acids is 1. The van der Waals surface area contributed by atoms with Gasteiger partial charge in [-0.2, -0.15) is 0 Å². The molecule has 1 saturated heterocycles. The van der Waals surface area contributed by atoms with Crippen molar-refractivity contribution in [1.29, 1.82) is 0 Å². The second-order valence-electron chi connectivity index (χ2n) is 15.7. The number of carbonyl (C=O) groups is 4. The van der Waals surface area contributed by atoms with Gasteiger partial charge in [-0.3, -0.25) is 10.3 Å². The SMILES string of the molecule is CC(C)(C)OC(=O)Nc1nc(/C(=N\O[C@@H](COc2ccc(C(N)=NC3CCN(C(=O)OC(C)(C)C)CC3)cc2)C(=O)OC(c2ccccc2)c2ccccc2)C(=O)O)cs1. The number of hydrogen-bond acceptors (Lipinski definition) is 13. The van der Waals surface area contributed by atoms with Gasteiger partial charge in [0.1, 0.15) is 35.1 Å². The number of carboxylic acid groups (broad SMARTS) is 1. The fourth-order valence-electron chi connectivity index (χ4n) is 5.73. The maximum atomic E-state index is 14.0. The molecule has 0 spiro atoms. The third kappa shape index (κ3) is 13.5. The molecule has 4 aromatic rings. The highest BCUT2D eigenvalue weighted by molar-refractivity contribution is 7.14. The van der Waals surface area contributed by atoms with Gasteiger partial charge >= 0.3 is 24.1 Å². The van der Waals surface area contributed by atoms with E-state index in [1.165, 1.54) is 5.38 Å². The van der Waals surface area contributed by atoms with Crippen LogP contribution in [0.2, 0.25) is 0 Å². The molecule has 0 unspecified atom stereocenters. The number of piperidine rings is 1. The first-order valence-corrected chi connectivity index (χ1v) is 20.1. The van der Waals surface area contributed by atoms with Crippen molar-refractivity contribution in [3.63, 3.8) is 0 Å². The summed E-state index contributed by atoms with van der Waals surface area (Å²) in [7, 11) is 0. The van der Waals surface area contributed by atoms with Crippen LogP contribution in [0.4, 0.5) is 14.7 Å². The lowest BCUT2D eigenvalue weighted by molar-refractivity contribution is -0.163. The third-order valence-electron chi connectivity index (χ3n) is 8.52. The van der Waals surface area contributed by atoms with E-state index in [1.54, 1.807) is 49.9 Å². The zero-order chi connectivity index (χ0) is 43.5. The molecule has 2 amide bonds. The van der Waals surface area contributed by atoms with Crippen molar-refractivity contribution in [2.75, 3.05) is 25.0 Å². The Morgan fingerprint density at radius 1 is 0.883 bits per heavy atom. The number of benzene rings is 3. The van der Waals surface area contributed by atoms with Crippen molar-refractivity contribution in [3.8, 4) is 5.75 Å². The van der Waals surface area contributed by atoms with E-state index in [-0.39, 0.29) is 23.0 Å². The normalized spacial score (nSPS) is 14.6. The van der Waals surface area contributed by atoms with Crippen LogP contribution in [-0.4, -0.2) is 93.7 Å². The van der Waals surface area contributed by atoms with E-state index in [2.05, 4.69) is 20.4 Å². The van der Waals surface area contributed by atoms with Gasteiger partial charge in [0, 0.05) is 24.0 Å². The molecule has 1 aliphatic rings. The van der Waals surface area contributed by atoms with Gasteiger partial charge in [0.05, 0.1) is 6.04 Å². The molecule has 0 bridgehead atoms. The number of likely N-dealkylation sites (tertiary alicyclic amines) is 1. The molecule has 17 heteroatoms. The zero-order valence-corrected chi connectivity index (χ0v) is 35.1. The van der Waals surface area contributed by atoms with Gasteiger partial charge in [-0.15, -0.1) is 11.3 Å². The Hall–Kier alpha value is -6.49. The summed E-state index contributed by atoms with van der Waals surface area (Å²) in [6, 6.07) is 24.8. The van der Waals surface area contributed by atoms with Crippen LogP contribution in [0.3, 0.4) is 0 Å². The number of ether oxygens (including phenoxy) is 4. The number of nitrogens with one attached hydrogen (secondary N) is 1. The zero-order valence-electron chi connectivity index (χ0n) is 34.3. The molecule has 3 aromatic carbocycles. The van der Waals surface area contributed by atoms with E-state index < -0.39 is 53.8 Å². The smallest absolute Gasteiger partial charge is 0.413 e. The molecule has 16 nitrogen and oxygen atoms in total. The highest BCUT2D eigenvalue weighted by Gasteiger charge is 2.31. The van der Waals surface area contributed by atoms with Gasteiger partial charge in [0.25, 0.3) is 6.10 Å². The van der Waals surface area contributed by atoms with E-state index in [0.29, 0.717) is 54.2 Å². The van der Waals surface area contributed by atoms with Crippen molar-refractivity contribution >= 4 is 52.1 Å². The fraction of sp³-hybridized carbons (Fsp3) is 0.372. The van der Waals surface area contributed by atoms with Crippen LogP contribution in [0.25, 0.3) is 0 Å². The van der Waals surface area contributed by atoms with Crippen LogP contribution in [0.5, 0.6) is 5.75 Å². The number of aromatic nitrogens is 1. The number of rotatable bonds is 14. The van der Waals surface area contributed by atoms with Crippen molar-refractivity contribution in [2.45, 2.75) is 83.8 Å². The number of nitrogens with two attached hydrogens (primary N) is 1. The number of aliphatic carboxylic acids is 1. The first-order valence-electron chi connectivity index (χ1n) is 19.2. The second-order valence-corrected chi connectivity index (χ2v) is 16.5. The third-order valence-corrected chi connectivity index (χ3v) is 9.28. The summed E-state index contributed by atoms with van der Waals surface area (Å²) in [6.45, 7) is 11.1. The van der Waals surface area contributed by atoms with Crippen LogP contribution < -0.4 is 15.8 Å². The van der Waals surface area contributed by atoms with Crippen molar-refractivity contribution in [2.24, 2.45) is 15.9 Å². The van der Waals surface area contributed by atoms with Crippen LogP contribution in [0, 0.1) is 0 Å². The second kappa shape index (κ2) is 20.0. The predicted octanol–water partition coefficient (Wildman–Crippen LogP) is 7.18. The number of amides is 2. The number of nitrogens with zero attached hydrogens (tertiary/aromatic N) is 4. The Balaban J connectivity index is 1.31. The minimum atomic E-state index is -1.56. The largest absolute Gasteiger partial charge is 0.489 e. The molecule has 0 aliphatic carbocycles. The molecule has 0 radical (unpaired) electrons. The topological polar surface area (TPSA) is 214 Å². The van der Waals surface area contributed by atoms with Crippen LogP contribution in [0.15, 0.2) is 100 Å². The lowest BCUT2D eigenvalue weighted by atomic mass is 10.0. The number of anilines is 1. The number of amidine groups is 1. The van der Waals surface area contributed by atoms with Crippen LogP contribution in [-0.2, 0) is 28.6 Å². The number of esters is 1. The highest BCUT2D eigenvalue weighted by Crippen LogP contribution is 2.27. The van der Waals surface area contributed by atoms with E-state index in [0.717, 1.165) is 11.3 Å². The molecular formula is C43H50N6O10S. The number of thiazole rings is 1. The minimum absolute atomic E-state index is 0.0544. The van der Waals surface area contributed by atoms with Crippen molar-refractivity contribution in [1.82, 2.24) is 9.88 Å². The Morgan fingerprint density at radius 2 is 1.47 bits per heavy atom. The summed E-state index contributed by atoms with van der Waals surface area (Å²) in [6.07, 6.45) is -2.27. The lowest BCUT2D eigenvalue weighted by Gasteiger charge is -2.32. The summed E-state index contributed by atoms with van der Waals surface area (Å²) in [5.41, 5.74) is 6.25. The summed E-state index contributed by atoms with van der Waals surface area (Å²) in [4.78, 5) is 67.2. The number of aliphatic imine (C=N–C) groups is 1. The number of carbonyl (C=O) groups excluding carboxylic acids is 3. The first kappa shape index (κ1) is 44.6. The van der Waals surface area contributed by atoms with Crippen LogP contribution >= 0.6 is 11.3 Å². The highest BCUT2D eigenvalue weighted by atomic mass is 32.1. The van der Waals surface area contributed by atoms with Gasteiger partial charge in [-0.05, 0) is 89.8 Å². The van der Waals surface area contributed by atoms with Gasteiger partial charge in [-0.25, -0.2) is 24.2 Å². The molecule has 5 rings (SSSR count). The molecule has 0 saturated carbocycles. The van der Waals surface area contributed by atoms with Gasteiger partial charge in [0.15, 0.2) is 11.2 Å². The molecule has 1 aromatic heterocycles. The number of hydrogen-bond donors (Lipinski definition) is 3. The fourth-order valence-corrected chi connectivity index (χ4v) is 6.41. The quantitative estimate of drug-likeness (QED) is 0.0379. The molecule has 1 fully saturated rings. The van der Waals surface area contributed by atoms with Crippen molar-refractivity contribution in [3.05, 3.63) is 113 Å². The maximum Gasteiger partial charge on any atom is 0.413 e. The van der Waals surface area contributed by atoms with E-state index in [4.69, 9.17) is 29.5 Å². The van der Waals surface area contributed by atoms with E-state index in [9.17, 15) is 24.3 Å². The average molecular weight is 843 g/mol. The Bertz CT molecular complexity index is 2100. The van der Waals surface area contributed by atoms with E-state index >= 15 is 0 Å². The van der Waals surface area contributed by atoms with Crippen LogP contribution in [0.1, 0.15) is 82.9 Å². The summed E-state index contributed by atoms with van der Waals surface area (Å²) >= 11 is 0.941. The maximum absolute atomic E-state index is 14.0. The minimum Gasteiger partial charge on any atom is -0.489 e. The van der Waals surface area contributed by atoms with Gasteiger partial charge in [0.2, 0.25) is 5.71 Å². The first-order chi connectivity index (χ1) is 28.4. The van der Waals surface area contributed by atoms with Gasteiger partial charge in [-0.1, -0.05) is 65.8 Å². The average Bonchev–Trinajstić information content (AvgIpc) is 3.65. The summed E-state index contributed by atoms with van der Waals surface area (Å²) in [5.74, 6) is -1.75. The van der Waals surface area contributed by atoms with Crippen molar-refractivity contribution < 1.29 is 48.1 Å². The van der Waals surface area contributed by atoms with Gasteiger partial charge < -0.3 is 39.5 Å². The molecule has 4 N–H and O–H groups in total. The number of oxime groups is 1. The Labute approximate surface area is 352 Å². The Kier molecular flexibility index (Phi) is 14.9. The standard InChI is InChI=1S/C43H50N6O10S/c1-42(2,3)57-40(53)47-39-46-32(26-60-39)34(37(50)51)48-59-33(38(52)56-35(27-13-9-7-10-14-27)28-15-11-8-12-16-28)25-55-31-19-17-29(18-20-31)36(44)45-30-21-23-49(24-22-30)41(54)58-43(4,5)6/h7-20,26,30,33,35H,21-25H2,1-6H3,(H2,44,45)(H,50,51)(H,46,47,53)/b48-34+/t33-/m0/s1. The molecular weight excluding hydrogens is 793 g/mol. The monoisotopic (exact) mass is 842 g/mol. The predicted molar refractivity (Wildman–Crippen MR) is 225 cm³/mol. The molecule has 1 atom stereocenters. The molecule has 1 aliphatic heterocycles. The molecule has 60 heavy (non-hydrogen) atoms. The lowest BCUT2D eigenvalue weighted by Crippen LogP contribution is -2.42. The Morgan fingerprint density at radius 3 is 2.02 bits per heavy atom. The molecule has 2 heterocycles.